The van der Waals surface area contributed by atoms with E-state index in [4.69, 9.17) is 5.11 Å². The molecule has 0 aromatic heterocycles. The van der Waals surface area contributed by atoms with Gasteiger partial charge in [-0.3, -0.25) is 0 Å². The van der Waals surface area contributed by atoms with E-state index in [-0.39, 0.29) is 30.6 Å². The molecule has 0 amide bonds. The average Bonchev–Trinajstić information content (AvgIpc) is 2.42. The Balaban J connectivity index is 2.78. The van der Waals surface area contributed by atoms with Crippen molar-refractivity contribution in [3.05, 3.63) is 0 Å². The van der Waals surface area contributed by atoms with Crippen LogP contribution in [0.2, 0.25) is 0 Å². The molecule has 1 rings (SSSR count). The van der Waals surface area contributed by atoms with Gasteiger partial charge < -0.3 is 15.0 Å². The van der Waals surface area contributed by atoms with Crippen LogP contribution in [0.5, 0.6) is 0 Å². The molecule has 0 heterocycles. The van der Waals surface area contributed by atoms with E-state index in [0.717, 1.165) is 6.29 Å². The lowest BCUT2D eigenvalue weighted by Gasteiger charge is -2.18. The molecular formula is C10H16O4. The highest BCUT2D eigenvalue weighted by atomic mass is 16.4. The molecule has 0 bridgehead atoms. The van der Waals surface area contributed by atoms with Gasteiger partial charge in [0.2, 0.25) is 0 Å². The number of aldehydes is 1. The zero-order chi connectivity index (χ0) is 10.9. The summed E-state index contributed by atoms with van der Waals surface area (Å²) in [5.74, 6) is -1.30. The van der Waals surface area contributed by atoms with Crippen LogP contribution in [-0.2, 0) is 9.59 Å². The molecule has 14 heavy (non-hydrogen) atoms. The molecule has 80 valence electrons. The van der Waals surface area contributed by atoms with Crippen LogP contribution >= 0.6 is 0 Å². The fourth-order valence-corrected chi connectivity index (χ4v) is 2.34. The number of aliphatic hydroxyl groups is 1. The van der Waals surface area contributed by atoms with Gasteiger partial charge >= 0.3 is 5.97 Å². The van der Waals surface area contributed by atoms with Crippen LogP contribution in [0.4, 0.5) is 0 Å². The van der Waals surface area contributed by atoms with E-state index in [1.807, 2.05) is 6.92 Å². The first-order valence-electron chi connectivity index (χ1n) is 4.82. The van der Waals surface area contributed by atoms with Crippen LogP contribution in [0.3, 0.4) is 0 Å². The highest BCUT2D eigenvalue weighted by molar-refractivity contribution is 5.77. The first-order valence-corrected chi connectivity index (χ1v) is 4.82. The van der Waals surface area contributed by atoms with Crippen LogP contribution in [0, 0.1) is 17.8 Å². The minimum Gasteiger partial charge on any atom is -0.479 e. The van der Waals surface area contributed by atoms with Crippen LogP contribution in [0.1, 0.15) is 26.7 Å². The Bertz CT molecular complexity index is 251. The number of hydrogen-bond donors (Lipinski definition) is 2. The van der Waals surface area contributed by atoms with Crippen molar-refractivity contribution in [3.63, 3.8) is 0 Å². The molecule has 0 radical (unpaired) electrons. The van der Waals surface area contributed by atoms with Crippen LogP contribution in [0.15, 0.2) is 0 Å². The summed E-state index contributed by atoms with van der Waals surface area (Å²) < 4.78 is 0. The Morgan fingerprint density at radius 1 is 1.57 bits per heavy atom. The number of carbonyl (C=O) groups excluding carboxylic acids is 1. The lowest BCUT2D eigenvalue weighted by Crippen LogP contribution is -2.36. The van der Waals surface area contributed by atoms with Crippen molar-refractivity contribution in [1.29, 1.82) is 0 Å². The quantitative estimate of drug-likeness (QED) is 0.657. The van der Waals surface area contributed by atoms with E-state index in [1.54, 1.807) is 6.92 Å². The average molecular weight is 200 g/mol. The summed E-state index contributed by atoms with van der Waals surface area (Å²) in [6.07, 6.45) is 1.25. The molecule has 0 saturated heterocycles. The van der Waals surface area contributed by atoms with Crippen molar-refractivity contribution in [2.75, 3.05) is 0 Å². The van der Waals surface area contributed by atoms with Crippen molar-refractivity contribution in [1.82, 2.24) is 0 Å². The van der Waals surface area contributed by atoms with Crippen molar-refractivity contribution in [3.8, 4) is 0 Å². The van der Waals surface area contributed by atoms with Crippen molar-refractivity contribution in [2.24, 2.45) is 17.8 Å². The third-order valence-electron chi connectivity index (χ3n) is 3.25. The minimum atomic E-state index is -1.62. The van der Waals surface area contributed by atoms with Gasteiger partial charge in [-0.25, -0.2) is 4.79 Å². The molecule has 1 fully saturated rings. The Morgan fingerprint density at radius 2 is 2.14 bits per heavy atom. The topological polar surface area (TPSA) is 74.6 Å². The van der Waals surface area contributed by atoms with E-state index in [0.29, 0.717) is 0 Å². The molecule has 0 aromatic rings. The molecule has 4 nitrogen and oxygen atoms in total. The number of carbonyl (C=O) groups is 2. The first kappa shape index (κ1) is 11.2. The second-order valence-electron chi connectivity index (χ2n) is 4.38. The van der Waals surface area contributed by atoms with Crippen LogP contribution < -0.4 is 0 Å². The maximum Gasteiger partial charge on any atom is 0.335 e. The van der Waals surface area contributed by atoms with E-state index < -0.39 is 11.6 Å². The van der Waals surface area contributed by atoms with Crippen molar-refractivity contribution in [2.45, 2.75) is 32.3 Å². The molecule has 2 N–H and O–H groups in total. The second-order valence-corrected chi connectivity index (χ2v) is 4.38. The smallest absolute Gasteiger partial charge is 0.335 e. The first-order chi connectivity index (χ1) is 6.40. The third kappa shape index (κ3) is 1.80. The Labute approximate surface area is 82.9 Å². The molecule has 1 aliphatic rings. The summed E-state index contributed by atoms with van der Waals surface area (Å²) in [5.41, 5.74) is -1.62. The molecule has 4 heteroatoms. The molecule has 1 aliphatic carbocycles. The number of carboxylic acid groups (broad SMARTS) is 1. The largest absolute Gasteiger partial charge is 0.479 e. The predicted molar refractivity (Wildman–Crippen MR) is 49.7 cm³/mol. The molecule has 0 spiro atoms. The minimum absolute atomic E-state index is 0.0198. The molecule has 0 aliphatic heterocycles. The zero-order valence-corrected chi connectivity index (χ0v) is 8.43. The van der Waals surface area contributed by atoms with Gasteiger partial charge in [0.25, 0.3) is 0 Å². The molecule has 0 aromatic carbocycles. The predicted octanol–water partition coefficient (Wildman–Crippen LogP) is 0.683. The Hall–Kier alpha value is -0.900. The fraction of sp³-hybridized carbons (Fsp3) is 0.800. The lowest BCUT2D eigenvalue weighted by molar-refractivity contribution is -0.158. The van der Waals surface area contributed by atoms with Gasteiger partial charge in [-0.1, -0.05) is 13.8 Å². The number of carboxylic acids is 1. The molecule has 4 atom stereocenters. The molecule has 4 unspecified atom stereocenters. The highest BCUT2D eigenvalue weighted by Crippen LogP contribution is 2.42. The number of aliphatic carboxylic acids is 1. The van der Waals surface area contributed by atoms with Gasteiger partial charge in [-0.05, 0) is 24.7 Å². The van der Waals surface area contributed by atoms with Crippen LogP contribution in [0.25, 0.3) is 0 Å². The maximum absolute atomic E-state index is 10.8. The summed E-state index contributed by atoms with van der Waals surface area (Å²) in [6, 6.07) is 0. The second kappa shape index (κ2) is 3.69. The standard InChI is InChI=1S/C10H16O4/c1-6-3-10(14,9(12)13)4-8(6)7(2)5-11/h5-8,14H,3-4H2,1-2H3,(H,12,13). The number of rotatable bonds is 3. The van der Waals surface area contributed by atoms with Gasteiger partial charge in [0.15, 0.2) is 5.60 Å². The summed E-state index contributed by atoms with van der Waals surface area (Å²) >= 11 is 0. The van der Waals surface area contributed by atoms with E-state index in [9.17, 15) is 14.7 Å². The third-order valence-corrected chi connectivity index (χ3v) is 3.25. The van der Waals surface area contributed by atoms with E-state index in [2.05, 4.69) is 0 Å². The summed E-state index contributed by atoms with van der Waals surface area (Å²) in [5, 5.41) is 18.6. The zero-order valence-electron chi connectivity index (χ0n) is 8.43. The monoisotopic (exact) mass is 200 g/mol. The maximum atomic E-state index is 10.8. The normalized spacial score (nSPS) is 39.4. The van der Waals surface area contributed by atoms with E-state index >= 15 is 0 Å². The van der Waals surface area contributed by atoms with Crippen LogP contribution in [-0.4, -0.2) is 28.1 Å². The molecule has 1 saturated carbocycles. The Kier molecular flexibility index (Phi) is 2.95. The van der Waals surface area contributed by atoms with Gasteiger partial charge in [-0.15, -0.1) is 0 Å². The fourth-order valence-electron chi connectivity index (χ4n) is 2.34. The van der Waals surface area contributed by atoms with Gasteiger partial charge in [0, 0.05) is 5.92 Å². The van der Waals surface area contributed by atoms with Gasteiger partial charge in [0.1, 0.15) is 6.29 Å². The highest BCUT2D eigenvalue weighted by Gasteiger charge is 2.48. The summed E-state index contributed by atoms with van der Waals surface area (Å²) in [6.45, 7) is 3.65. The SMILES string of the molecule is CC(C=O)C1CC(O)(C(=O)O)CC1C. The lowest BCUT2D eigenvalue weighted by atomic mass is 9.87. The molecular weight excluding hydrogens is 184 g/mol. The van der Waals surface area contributed by atoms with Crippen molar-refractivity contribution >= 4 is 12.3 Å². The van der Waals surface area contributed by atoms with Gasteiger partial charge in [0.05, 0.1) is 0 Å². The summed E-state index contributed by atoms with van der Waals surface area (Å²) in [7, 11) is 0. The Morgan fingerprint density at radius 3 is 2.50 bits per heavy atom. The summed E-state index contributed by atoms with van der Waals surface area (Å²) in [4.78, 5) is 21.4. The number of hydrogen-bond acceptors (Lipinski definition) is 3. The van der Waals surface area contributed by atoms with Gasteiger partial charge in [-0.2, -0.15) is 0 Å². The van der Waals surface area contributed by atoms with E-state index in [1.165, 1.54) is 0 Å². The van der Waals surface area contributed by atoms with Crippen molar-refractivity contribution < 1.29 is 19.8 Å².